The zero-order chi connectivity index (χ0) is 17.4. The maximum Gasteiger partial charge on any atom is 0.338 e. The molecule has 0 aliphatic carbocycles. The number of phenols is 3. The molecule has 10 nitrogen and oxygen atoms in total. The average molecular weight is 332 g/mol. The van der Waals surface area contributed by atoms with Gasteiger partial charge in [-0.1, -0.05) is 0 Å². The minimum Gasteiger partial charge on any atom is -0.504 e. The van der Waals surface area contributed by atoms with Crippen LogP contribution in [0.3, 0.4) is 0 Å². The smallest absolute Gasteiger partial charge is 0.338 e. The molecule has 1 fully saturated rings. The summed E-state index contributed by atoms with van der Waals surface area (Å²) in [6.07, 6.45) is -4.70. The summed E-state index contributed by atoms with van der Waals surface area (Å²) in [7, 11) is 0. The third-order valence-corrected chi connectivity index (χ3v) is 3.43. The summed E-state index contributed by atoms with van der Waals surface area (Å²) in [4.78, 5) is 11.8. The van der Waals surface area contributed by atoms with Gasteiger partial charge in [0, 0.05) is 0 Å². The zero-order valence-electron chi connectivity index (χ0n) is 11.7. The molecule has 0 unspecified atom stereocenters. The number of phenolic OH excluding ortho intramolecular Hbond substituents is 3. The monoisotopic (exact) mass is 332 g/mol. The number of hydrogen-bond donors (Lipinski definition) is 7. The van der Waals surface area contributed by atoms with E-state index >= 15 is 0 Å². The van der Waals surface area contributed by atoms with Gasteiger partial charge in [-0.3, -0.25) is 0 Å². The number of esters is 1. The topological polar surface area (TPSA) is 177 Å². The summed E-state index contributed by atoms with van der Waals surface area (Å²) in [5.41, 5.74) is -0.289. The fourth-order valence-electron chi connectivity index (χ4n) is 2.10. The van der Waals surface area contributed by atoms with E-state index in [9.17, 15) is 35.4 Å². The number of hydrogen-bond acceptors (Lipinski definition) is 10. The Hall–Kier alpha value is -2.11. The molecule has 1 aromatic carbocycles. The van der Waals surface area contributed by atoms with E-state index in [0.29, 0.717) is 0 Å². The second-order valence-electron chi connectivity index (χ2n) is 5.06. The molecule has 0 aromatic heterocycles. The molecule has 0 spiro atoms. The summed E-state index contributed by atoms with van der Waals surface area (Å²) in [5, 5.41) is 65.7. The highest BCUT2D eigenvalue weighted by atomic mass is 16.7. The van der Waals surface area contributed by atoms with Crippen LogP contribution in [-0.2, 0) is 9.47 Å². The second kappa shape index (κ2) is 6.18. The van der Waals surface area contributed by atoms with E-state index in [-0.39, 0.29) is 5.56 Å². The zero-order valence-corrected chi connectivity index (χ0v) is 11.7. The van der Waals surface area contributed by atoms with Gasteiger partial charge >= 0.3 is 5.97 Å². The van der Waals surface area contributed by atoms with Crippen molar-refractivity contribution < 1.29 is 50.0 Å². The Kier molecular flexibility index (Phi) is 4.63. The molecular weight excluding hydrogens is 316 g/mol. The van der Waals surface area contributed by atoms with Crippen LogP contribution in [-0.4, -0.2) is 79.0 Å². The predicted octanol–water partition coefficient (Wildman–Crippen LogP) is -2.24. The second-order valence-corrected chi connectivity index (χ2v) is 5.06. The highest BCUT2D eigenvalue weighted by molar-refractivity contribution is 5.91. The SMILES string of the molecule is O=C(OC[C@H]1O[C@@](O)(CO)[C@@H](O)[C@@H]1O)c1cc(O)c(O)c(O)c1. The van der Waals surface area contributed by atoms with Gasteiger partial charge in [0.25, 0.3) is 0 Å². The van der Waals surface area contributed by atoms with Crippen molar-refractivity contribution in [3.63, 3.8) is 0 Å². The Morgan fingerprint density at radius 2 is 1.78 bits per heavy atom. The van der Waals surface area contributed by atoms with E-state index in [1.54, 1.807) is 0 Å². The van der Waals surface area contributed by atoms with E-state index in [1.165, 1.54) is 0 Å². The number of benzene rings is 1. The van der Waals surface area contributed by atoms with Crippen LogP contribution >= 0.6 is 0 Å². The van der Waals surface area contributed by atoms with E-state index in [0.717, 1.165) is 12.1 Å². The summed E-state index contributed by atoms with van der Waals surface area (Å²) in [5.74, 6) is -5.67. The molecule has 0 amide bonds. The van der Waals surface area contributed by atoms with Gasteiger partial charge in [0.15, 0.2) is 17.2 Å². The van der Waals surface area contributed by atoms with Crippen LogP contribution in [0.1, 0.15) is 10.4 Å². The van der Waals surface area contributed by atoms with Crippen molar-refractivity contribution in [2.45, 2.75) is 24.1 Å². The minimum atomic E-state index is -2.37. The molecule has 4 atom stereocenters. The van der Waals surface area contributed by atoms with Crippen molar-refractivity contribution in [3.05, 3.63) is 17.7 Å². The fourth-order valence-corrected chi connectivity index (χ4v) is 2.10. The first-order valence-corrected chi connectivity index (χ1v) is 6.49. The molecule has 128 valence electrons. The number of aliphatic hydroxyl groups is 4. The van der Waals surface area contributed by atoms with Gasteiger partial charge in [-0.2, -0.15) is 0 Å². The molecule has 0 bridgehead atoms. The molecule has 1 aliphatic heterocycles. The highest BCUT2D eigenvalue weighted by Gasteiger charge is 2.53. The largest absolute Gasteiger partial charge is 0.504 e. The maximum absolute atomic E-state index is 11.8. The maximum atomic E-state index is 11.8. The highest BCUT2D eigenvalue weighted by Crippen LogP contribution is 2.35. The molecule has 2 rings (SSSR count). The minimum absolute atomic E-state index is 0.289. The van der Waals surface area contributed by atoms with Crippen LogP contribution < -0.4 is 0 Å². The molecule has 7 N–H and O–H groups in total. The number of aliphatic hydroxyl groups excluding tert-OH is 3. The van der Waals surface area contributed by atoms with Crippen LogP contribution in [0.4, 0.5) is 0 Å². The lowest BCUT2D eigenvalue weighted by molar-refractivity contribution is -0.248. The average Bonchev–Trinajstić information content (AvgIpc) is 2.74. The number of rotatable bonds is 4. The standard InChI is InChI=1S/C13H16O10/c14-4-13(21)11(19)10(18)8(23-13)3-22-12(20)5-1-6(15)9(17)7(16)2-5/h1-2,8,10-11,14-19,21H,3-4H2/t8-,10-,11+,13+/m1/s1. The Morgan fingerprint density at radius 1 is 1.22 bits per heavy atom. The van der Waals surface area contributed by atoms with Gasteiger partial charge in [0.2, 0.25) is 5.79 Å². The Balaban J connectivity index is 2.03. The van der Waals surface area contributed by atoms with Crippen molar-refractivity contribution in [2.24, 2.45) is 0 Å². The Labute approximate surface area is 129 Å². The molecule has 1 aromatic rings. The number of carbonyl (C=O) groups excluding carboxylic acids is 1. The van der Waals surface area contributed by atoms with Gasteiger partial charge < -0.3 is 45.2 Å². The molecule has 0 radical (unpaired) electrons. The number of ether oxygens (including phenoxy) is 2. The van der Waals surface area contributed by atoms with Gasteiger partial charge in [-0.05, 0) is 12.1 Å². The predicted molar refractivity (Wildman–Crippen MR) is 70.6 cm³/mol. The lowest BCUT2D eigenvalue weighted by Gasteiger charge is -2.22. The Bertz CT molecular complexity index is 579. The number of carbonyl (C=O) groups is 1. The number of aromatic hydroxyl groups is 3. The molecule has 1 aliphatic rings. The van der Waals surface area contributed by atoms with Crippen molar-refractivity contribution in [2.75, 3.05) is 13.2 Å². The summed E-state index contributed by atoms with van der Waals surface area (Å²) in [6, 6.07) is 1.70. The molecule has 0 saturated carbocycles. The molecule has 1 heterocycles. The third-order valence-electron chi connectivity index (χ3n) is 3.43. The lowest BCUT2D eigenvalue weighted by Crippen LogP contribution is -2.46. The molecule has 1 saturated heterocycles. The van der Waals surface area contributed by atoms with Crippen molar-refractivity contribution >= 4 is 5.97 Å². The van der Waals surface area contributed by atoms with Crippen LogP contribution in [0.25, 0.3) is 0 Å². The molecular formula is C13H16O10. The van der Waals surface area contributed by atoms with Crippen LogP contribution in [0.5, 0.6) is 17.2 Å². The first-order chi connectivity index (χ1) is 10.7. The van der Waals surface area contributed by atoms with Gasteiger partial charge in [-0.25, -0.2) is 4.79 Å². The fraction of sp³-hybridized carbons (Fsp3) is 0.462. The van der Waals surface area contributed by atoms with Crippen LogP contribution in [0, 0.1) is 0 Å². The Morgan fingerprint density at radius 3 is 2.26 bits per heavy atom. The van der Waals surface area contributed by atoms with Gasteiger partial charge in [0.05, 0.1) is 12.2 Å². The van der Waals surface area contributed by atoms with Crippen molar-refractivity contribution in [3.8, 4) is 17.2 Å². The van der Waals surface area contributed by atoms with E-state index < -0.39 is 60.5 Å². The summed E-state index contributed by atoms with van der Waals surface area (Å²) in [6.45, 7) is -1.56. The first-order valence-electron chi connectivity index (χ1n) is 6.49. The molecule has 23 heavy (non-hydrogen) atoms. The normalized spacial score (nSPS) is 30.3. The van der Waals surface area contributed by atoms with E-state index in [4.69, 9.17) is 14.6 Å². The van der Waals surface area contributed by atoms with Crippen LogP contribution in [0.2, 0.25) is 0 Å². The first kappa shape index (κ1) is 17.2. The lowest BCUT2D eigenvalue weighted by atomic mass is 10.1. The summed E-state index contributed by atoms with van der Waals surface area (Å²) < 4.78 is 9.65. The summed E-state index contributed by atoms with van der Waals surface area (Å²) >= 11 is 0. The van der Waals surface area contributed by atoms with Crippen molar-refractivity contribution in [1.29, 1.82) is 0 Å². The third kappa shape index (κ3) is 3.16. The van der Waals surface area contributed by atoms with E-state index in [2.05, 4.69) is 0 Å². The van der Waals surface area contributed by atoms with Crippen LogP contribution in [0.15, 0.2) is 12.1 Å². The van der Waals surface area contributed by atoms with Gasteiger partial charge in [0.1, 0.15) is 24.9 Å². The quantitative estimate of drug-likeness (QED) is 0.235. The van der Waals surface area contributed by atoms with E-state index in [1.807, 2.05) is 0 Å². The molecule has 10 heteroatoms. The van der Waals surface area contributed by atoms with Gasteiger partial charge in [-0.15, -0.1) is 0 Å². The van der Waals surface area contributed by atoms with Crippen molar-refractivity contribution in [1.82, 2.24) is 0 Å².